The van der Waals surface area contributed by atoms with E-state index in [9.17, 15) is 5.21 Å². The SMILES string of the molecule is [O-][N+]1=C(c2ccccc2)C2=NCCN2c2cc(N3CCN(c4ccccc4)CC3)ccc21. The summed E-state index contributed by atoms with van der Waals surface area (Å²) in [5, 5.41) is 13.4. The number of piperazine rings is 1. The van der Waals surface area contributed by atoms with Crippen LogP contribution >= 0.6 is 0 Å². The lowest BCUT2D eigenvalue weighted by Gasteiger charge is -2.38. The van der Waals surface area contributed by atoms with Crippen molar-refractivity contribution in [3.05, 3.63) is 89.6 Å². The topological polar surface area (TPSA) is 48.2 Å². The summed E-state index contributed by atoms with van der Waals surface area (Å²) in [5.41, 5.74) is 5.63. The zero-order chi connectivity index (χ0) is 21.5. The third-order valence-corrected chi connectivity index (χ3v) is 6.54. The molecule has 0 amide bonds. The van der Waals surface area contributed by atoms with Crippen LogP contribution in [0.4, 0.5) is 22.7 Å². The monoisotopic (exact) mass is 423 g/mol. The normalized spacial score (nSPS) is 17.9. The van der Waals surface area contributed by atoms with Crippen LogP contribution in [-0.2, 0) is 0 Å². The van der Waals surface area contributed by atoms with E-state index in [-0.39, 0.29) is 0 Å². The van der Waals surface area contributed by atoms with Crippen molar-refractivity contribution in [2.24, 2.45) is 4.99 Å². The number of amidine groups is 1. The summed E-state index contributed by atoms with van der Waals surface area (Å²) in [4.78, 5) is 11.7. The minimum absolute atomic E-state index is 0.639. The Hall–Kier alpha value is -3.80. The Balaban J connectivity index is 1.31. The van der Waals surface area contributed by atoms with Gasteiger partial charge in [-0.25, -0.2) is 0 Å². The molecule has 32 heavy (non-hydrogen) atoms. The van der Waals surface area contributed by atoms with E-state index in [1.165, 1.54) is 11.4 Å². The summed E-state index contributed by atoms with van der Waals surface area (Å²) in [7, 11) is 0. The van der Waals surface area contributed by atoms with E-state index < -0.39 is 0 Å². The fourth-order valence-electron chi connectivity index (χ4n) is 4.90. The number of hydrogen-bond acceptors (Lipinski definition) is 5. The highest BCUT2D eigenvalue weighted by Gasteiger charge is 2.38. The third-order valence-electron chi connectivity index (χ3n) is 6.54. The largest absolute Gasteiger partial charge is 0.618 e. The third kappa shape index (κ3) is 3.11. The van der Waals surface area contributed by atoms with Crippen LogP contribution in [0, 0.1) is 5.21 Å². The average molecular weight is 424 g/mol. The van der Waals surface area contributed by atoms with E-state index in [0.29, 0.717) is 17.9 Å². The van der Waals surface area contributed by atoms with Gasteiger partial charge in [-0.1, -0.05) is 36.4 Å². The van der Waals surface area contributed by atoms with Crippen molar-refractivity contribution in [3.8, 4) is 0 Å². The second-order valence-electron chi connectivity index (χ2n) is 8.35. The molecular weight excluding hydrogens is 398 g/mol. The molecule has 160 valence electrons. The molecule has 0 spiro atoms. The minimum atomic E-state index is 0.639. The first-order chi connectivity index (χ1) is 15.8. The lowest BCUT2D eigenvalue weighted by atomic mass is 10.0. The smallest absolute Gasteiger partial charge is 0.267 e. The summed E-state index contributed by atoms with van der Waals surface area (Å²) in [6, 6.07) is 26.7. The van der Waals surface area contributed by atoms with E-state index in [4.69, 9.17) is 4.99 Å². The van der Waals surface area contributed by atoms with Gasteiger partial charge in [0.2, 0.25) is 11.5 Å². The summed E-state index contributed by atoms with van der Waals surface area (Å²) < 4.78 is 1.06. The highest BCUT2D eigenvalue weighted by Crippen LogP contribution is 2.38. The molecule has 6 heteroatoms. The number of nitrogens with zero attached hydrogens (tertiary/aromatic N) is 5. The van der Waals surface area contributed by atoms with Gasteiger partial charge in [0.25, 0.3) is 5.71 Å². The van der Waals surface area contributed by atoms with Gasteiger partial charge >= 0.3 is 0 Å². The predicted octanol–water partition coefficient (Wildman–Crippen LogP) is 3.88. The molecule has 0 saturated carbocycles. The molecule has 6 nitrogen and oxygen atoms in total. The molecule has 0 bridgehead atoms. The maximum atomic E-state index is 13.4. The Bertz CT molecular complexity index is 1200. The second kappa shape index (κ2) is 7.71. The molecule has 0 atom stereocenters. The van der Waals surface area contributed by atoms with Crippen LogP contribution in [0.5, 0.6) is 0 Å². The first kappa shape index (κ1) is 18.9. The van der Waals surface area contributed by atoms with Crippen molar-refractivity contribution in [1.29, 1.82) is 0 Å². The van der Waals surface area contributed by atoms with Crippen LogP contribution in [0.2, 0.25) is 0 Å². The summed E-state index contributed by atoms with van der Waals surface area (Å²) in [6.07, 6.45) is 0. The Morgan fingerprint density at radius 2 is 1.38 bits per heavy atom. The molecule has 0 aliphatic carbocycles. The van der Waals surface area contributed by atoms with E-state index in [1.54, 1.807) is 0 Å². The van der Waals surface area contributed by atoms with Crippen molar-refractivity contribution >= 4 is 34.3 Å². The lowest BCUT2D eigenvalue weighted by molar-refractivity contribution is -0.358. The Labute approximate surface area is 187 Å². The van der Waals surface area contributed by atoms with Gasteiger partial charge in [0, 0.05) is 50.2 Å². The number of benzene rings is 3. The number of anilines is 3. The molecule has 6 rings (SSSR count). The molecule has 0 N–H and O–H groups in total. The van der Waals surface area contributed by atoms with Gasteiger partial charge in [-0.05, 0) is 36.4 Å². The Kier molecular flexibility index (Phi) is 4.56. The van der Waals surface area contributed by atoms with Crippen LogP contribution in [0.3, 0.4) is 0 Å². The number of fused-ring (bicyclic) bond motifs is 3. The van der Waals surface area contributed by atoms with Crippen molar-refractivity contribution in [2.45, 2.75) is 0 Å². The van der Waals surface area contributed by atoms with Crippen molar-refractivity contribution in [1.82, 2.24) is 0 Å². The van der Waals surface area contributed by atoms with Crippen LogP contribution in [-0.4, -0.2) is 55.6 Å². The van der Waals surface area contributed by atoms with Gasteiger partial charge < -0.3 is 19.9 Å². The zero-order valence-electron chi connectivity index (χ0n) is 17.9. The highest BCUT2D eigenvalue weighted by molar-refractivity contribution is 6.51. The summed E-state index contributed by atoms with van der Waals surface area (Å²) >= 11 is 0. The van der Waals surface area contributed by atoms with Crippen LogP contribution in [0.1, 0.15) is 5.56 Å². The van der Waals surface area contributed by atoms with Crippen molar-refractivity contribution in [3.63, 3.8) is 0 Å². The second-order valence-corrected chi connectivity index (χ2v) is 8.35. The molecule has 0 unspecified atom stereocenters. The van der Waals surface area contributed by atoms with Crippen LogP contribution < -0.4 is 14.7 Å². The molecule has 0 aromatic heterocycles. The molecule has 0 radical (unpaired) electrons. The molecule has 1 fully saturated rings. The number of aliphatic imine (C=N–C) groups is 1. The van der Waals surface area contributed by atoms with Gasteiger partial charge in [0.1, 0.15) is 5.69 Å². The molecule has 3 aromatic rings. The van der Waals surface area contributed by atoms with Gasteiger partial charge in [-0.3, -0.25) is 4.99 Å². The predicted molar refractivity (Wildman–Crippen MR) is 131 cm³/mol. The summed E-state index contributed by atoms with van der Waals surface area (Å²) in [5.74, 6) is 0.782. The molecule has 3 aromatic carbocycles. The Morgan fingerprint density at radius 3 is 2.09 bits per heavy atom. The minimum Gasteiger partial charge on any atom is -0.618 e. The zero-order valence-corrected chi connectivity index (χ0v) is 17.9. The Morgan fingerprint density at radius 1 is 0.719 bits per heavy atom. The van der Waals surface area contributed by atoms with Gasteiger partial charge in [-0.2, -0.15) is 4.74 Å². The number of rotatable bonds is 3. The van der Waals surface area contributed by atoms with E-state index in [2.05, 4.69) is 57.2 Å². The van der Waals surface area contributed by atoms with Gasteiger partial charge in [0.05, 0.1) is 12.1 Å². The summed E-state index contributed by atoms with van der Waals surface area (Å²) in [6.45, 7) is 5.39. The van der Waals surface area contributed by atoms with E-state index >= 15 is 0 Å². The van der Waals surface area contributed by atoms with Crippen molar-refractivity contribution < 1.29 is 4.74 Å². The van der Waals surface area contributed by atoms with E-state index in [1.807, 2.05) is 36.4 Å². The van der Waals surface area contributed by atoms with E-state index in [0.717, 1.165) is 54.5 Å². The molecule has 3 aliphatic heterocycles. The number of para-hydroxylation sites is 1. The fourth-order valence-corrected chi connectivity index (χ4v) is 4.90. The van der Waals surface area contributed by atoms with Crippen LogP contribution in [0.15, 0.2) is 83.9 Å². The first-order valence-corrected chi connectivity index (χ1v) is 11.2. The van der Waals surface area contributed by atoms with Crippen LogP contribution in [0.25, 0.3) is 0 Å². The highest BCUT2D eigenvalue weighted by atomic mass is 16.5. The van der Waals surface area contributed by atoms with Gasteiger partial charge in [0.15, 0.2) is 0 Å². The van der Waals surface area contributed by atoms with Crippen molar-refractivity contribution in [2.75, 3.05) is 54.0 Å². The molecule has 3 heterocycles. The first-order valence-electron chi connectivity index (χ1n) is 11.2. The quantitative estimate of drug-likeness (QED) is 0.474. The maximum absolute atomic E-state index is 13.4. The maximum Gasteiger partial charge on any atom is 0.267 e. The molecular formula is C26H25N5O. The molecule has 1 saturated heterocycles. The lowest BCUT2D eigenvalue weighted by Crippen LogP contribution is -2.46. The average Bonchev–Trinajstić information content (AvgIpc) is 3.35. The fraction of sp³-hybridized carbons (Fsp3) is 0.231. The number of hydrogen-bond donors (Lipinski definition) is 0. The molecule has 3 aliphatic rings. The van der Waals surface area contributed by atoms with Gasteiger partial charge in [-0.15, -0.1) is 0 Å². The standard InChI is InChI=1S/C26H25N5O/c32-31-23-12-11-22(29-17-15-28(16-18-29)21-9-5-2-6-10-21)19-24(23)30-14-13-27-26(30)25(31)20-7-3-1-4-8-20/h1-12,19H,13-18H2.